The maximum Gasteiger partial charge on any atom is 0.00535 e. The molecule has 0 aromatic heterocycles. The van der Waals surface area contributed by atoms with Gasteiger partial charge in [0.05, 0.1) is 0 Å². The Kier molecular flexibility index (Phi) is 1.94. The Bertz CT molecular complexity index is 404. The molecule has 5 saturated carbocycles. The predicted octanol–water partition coefficient (Wildman–Crippen LogP) is 3.97. The first-order chi connectivity index (χ1) is 8.61. The van der Waals surface area contributed by atoms with Crippen molar-refractivity contribution in [2.45, 2.75) is 38.9 Å². The van der Waals surface area contributed by atoms with Crippen molar-refractivity contribution in [2.24, 2.45) is 65.1 Å². The summed E-state index contributed by atoms with van der Waals surface area (Å²) in [6.45, 7) is 7.76. The minimum Gasteiger partial charge on any atom is -0.176 e. The van der Waals surface area contributed by atoms with E-state index in [-0.39, 0.29) is 0 Å². The first-order valence-corrected chi connectivity index (χ1v) is 8.81. The van der Waals surface area contributed by atoms with Gasteiger partial charge in [0, 0.05) is 5.25 Å². The summed E-state index contributed by atoms with van der Waals surface area (Å²) in [7, 11) is 0. The van der Waals surface area contributed by atoms with Crippen molar-refractivity contribution in [3.05, 3.63) is 0 Å². The van der Waals surface area contributed by atoms with Crippen LogP contribution in [-0.2, 0) is 0 Å². The van der Waals surface area contributed by atoms with Crippen LogP contribution in [0.25, 0.3) is 0 Å². The van der Waals surface area contributed by atoms with E-state index in [0.717, 1.165) is 70.3 Å². The number of hydrogen-bond donors (Lipinski definition) is 1. The van der Waals surface area contributed by atoms with Crippen molar-refractivity contribution in [1.82, 2.24) is 0 Å². The van der Waals surface area contributed by atoms with Gasteiger partial charge in [-0.1, -0.05) is 20.8 Å². The lowest BCUT2D eigenvalue weighted by Gasteiger charge is -2.44. The van der Waals surface area contributed by atoms with E-state index in [2.05, 4.69) is 20.8 Å². The fourth-order valence-corrected chi connectivity index (χ4v) is 8.52. The van der Waals surface area contributed by atoms with Crippen LogP contribution in [0.3, 0.4) is 0 Å². The first-order valence-electron chi connectivity index (χ1n) is 8.29. The van der Waals surface area contributed by atoms with E-state index in [9.17, 15) is 0 Å². The van der Waals surface area contributed by atoms with Gasteiger partial charge in [0.2, 0.25) is 0 Å². The minimum atomic E-state index is 0.756. The van der Waals surface area contributed by atoms with Crippen LogP contribution in [0.4, 0.5) is 0 Å². The zero-order chi connectivity index (χ0) is 12.3. The third kappa shape index (κ3) is 0.991. The summed E-state index contributed by atoms with van der Waals surface area (Å²) in [6.07, 6.45) is 3.01. The molecule has 0 radical (unpaired) electrons. The minimum absolute atomic E-state index is 0.756. The average Bonchev–Trinajstić information content (AvgIpc) is 2.91. The van der Waals surface area contributed by atoms with Crippen LogP contribution in [0, 0.1) is 65.1 Å². The molecule has 0 saturated heterocycles. The molecule has 0 aliphatic heterocycles. The summed E-state index contributed by atoms with van der Waals surface area (Å²) in [6, 6.07) is 0. The van der Waals surface area contributed by atoms with Crippen molar-refractivity contribution in [2.75, 3.05) is 0 Å². The summed E-state index contributed by atoms with van der Waals surface area (Å²) in [4.78, 5) is 0. The fourth-order valence-electron chi connectivity index (χ4n) is 7.86. The van der Waals surface area contributed by atoms with Gasteiger partial charge in [0.15, 0.2) is 0 Å². The maximum atomic E-state index is 4.91. The zero-order valence-corrected chi connectivity index (χ0v) is 12.7. The van der Waals surface area contributed by atoms with Crippen LogP contribution in [0.15, 0.2) is 0 Å². The Morgan fingerprint density at radius 2 is 1.28 bits per heavy atom. The highest BCUT2D eigenvalue weighted by molar-refractivity contribution is 7.81. The summed E-state index contributed by atoms with van der Waals surface area (Å²) in [5.74, 6) is 11.8. The molecule has 0 amide bonds. The van der Waals surface area contributed by atoms with Crippen molar-refractivity contribution in [3.63, 3.8) is 0 Å². The van der Waals surface area contributed by atoms with Crippen LogP contribution in [-0.4, -0.2) is 5.25 Å². The fraction of sp³-hybridized carbons (Fsp3) is 1.00. The summed E-state index contributed by atoms with van der Waals surface area (Å²) < 4.78 is 0. The summed E-state index contributed by atoms with van der Waals surface area (Å²) >= 11 is 4.91. The number of thiol groups is 1. The van der Waals surface area contributed by atoms with Crippen LogP contribution in [0.5, 0.6) is 0 Å². The third-order valence-electron chi connectivity index (χ3n) is 8.39. The van der Waals surface area contributed by atoms with E-state index in [0.29, 0.717) is 0 Å². The topological polar surface area (TPSA) is 0 Å². The van der Waals surface area contributed by atoms with Crippen molar-refractivity contribution in [1.29, 1.82) is 0 Å². The lowest BCUT2D eigenvalue weighted by molar-refractivity contribution is 0.104. The van der Waals surface area contributed by atoms with Crippen LogP contribution in [0.2, 0.25) is 0 Å². The highest BCUT2D eigenvalue weighted by Crippen LogP contribution is 2.77. The zero-order valence-electron chi connectivity index (χ0n) is 11.8. The second-order valence-corrected chi connectivity index (χ2v) is 9.16. The molecule has 5 aliphatic rings. The molecule has 0 bridgehead atoms. The third-order valence-corrected chi connectivity index (χ3v) is 8.95. The van der Waals surface area contributed by atoms with Gasteiger partial charge in [0.1, 0.15) is 0 Å². The second-order valence-electron chi connectivity index (χ2n) is 8.49. The average molecular weight is 262 g/mol. The van der Waals surface area contributed by atoms with Crippen molar-refractivity contribution in [3.8, 4) is 0 Å². The van der Waals surface area contributed by atoms with Gasteiger partial charge >= 0.3 is 0 Å². The lowest BCUT2D eigenvalue weighted by atomic mass is 9.65. The molecule has 5 aliphatic carbocycles. The molecular formula is C17H26S. The van der Waals surface area contributed by atoms with Crippen LogP contribution < -0.4 is 0 Å². The number of rotatable bonds is 0. The Balaban J connectivity index is 1.58. The van der Waals surface area contributed by atoms with Crippen LogP contribution in [0.1, 0.15) is 33.6 Å². The normalized spacial score (nSPS) is 75.3. The largest absolute Gasteiger partial charge is 0.176 e. The molecular weight excluding hydrogens is 236 g/mol. The van der Waals surface area contributed by atoms with E-state index >= 15 is 0 Å². The Labute approximate surface area is 117 Å². The molecule has 0 N–H and O–H groups in total. The van der Waals surface area contributed by atoms with Crippen molar-refractivity contribution < 1.29 is 0 Å². The molecule has 0 heterocycles. The second kappa shape index (κ2) is 3.15. The van der Waals surface area contributed by atoms with E-state index in [1.807, 2.05) is 0 Å². The van der Waals surface area contributed by atoms with Gasteiger partial charge in [-0.15, -0.1) is 0 Å². The van der Waals surface area contributed by atoms with Gasteiger partial charge in [-0.05, 0) is 77.9 Å². The molecule has 0 spiro atoms. The molecule has 0 nitrogen and oxygen atoms in total. The number of hydrogen-bond acceptors (Lipinski definition) is 1. The highest BCUT2D eigenvalue weighted by atomic mass is 32.1. The van der Waals surface area contributed by atoms with E-state index in [4.69, 9.17) is 12.6 Å². The SMILES string of the molecule is CC1C2CC2C2C1C(C)C1C(C)C3CC(S)C3C12. The van der Waals surface area contributed by atoms with Gasteiger partial charge in [-0.2, -0.15) is 12.6 Å². The van der Waals surface area contributed by atoms with E-state index in [1.165, 1.54) is 6.42 Å². The van der Waals surface area contributed by atoms with Gasteiger partial charge in [-0.25, -0.2) is 0 Å². The standard InChI is InChI=1S/C17H26S/c1-6-9-4-11(9)16-13(6)8(3)14-7(2)10-5-12(18)15(10)17(14)16/h6-18H,4-5H2,1-3H3. The molecule has 12 atom stereocenters. The summed E-state index contributed by atoms with van der Waals surface area (Å²) in [5, 5.41) is 0.756. The molecule has 18 heavy (non-hydrogen) atoms. The predicted molar refractivity (Wildman–Crippen MR) is 77.4 cm³/mol. The molecule has 100 valence electrons. The Morgan fingerprint density at radius 1 is 0.611 bits per heavy atom. The molecule has 5 fully saturated rings. The van der Waals surface area contributed by atoms with E-state index in [1.54, 1.807) is 6.42 Å². The quantitative estimate of drug-likeness (QED) is 0.627. The Hall–Kier alpha value is 0.350. The van der Waals surface area contributed by atoms with Gasteiger partial charge in [-0.3, -0.25) is 0 Å². The van der Waals surface area contributed by atoms with Crippen LogP contribution >= 0.6 is 12.6 Å². The monoisotopic (exact) mass is 262 g/mol. The van der Waals surface area contributed by atoms with E-state index < -0.39 is 0 Å². The summed E-state index contributed by atoms with van der Waals surface area (Å²) in [5.41, 5.74) is 0. The molecule has 5 rings (SSSR count). The number of fused-ring (bicyclic) bond motifs is 7. The highest BCUT2D eigenvalue weighted by Gasteiger charge is 2.72. The smallest absolute Gasteiger partial charge is 0.00535 e. The van der Waals surface area contributed by atoms with Gasteiger partial charge in [0.25, 0.3) is 0 Å². The molecule has 1 heteroatoms. The maximum absolute atomic E-state index is 4.91. The molecule has 0 aromatic rings. The Morgan fingerprint density at radius 3 is 2.00 bits per heavy atom. The first kappa shape index (κ1) is 11.1. The molecule has 12 unspecified atom stereocenters. The van der Waals surface area contributed by atoms with Gasteiger partial charge < -0.3 is 0 Å². The lowest BCUT2D eigenvalue weighted by Crippen LogP contribution is -2.41. The van der Waals surface area contributed by atoms with Crippen molar-refractivity contribution >= 4 is 12.6 Å². The molecule has 0 aromatic carbocycles.